The topological polar surface area (TPSA) is 75.1 Å². The van der Waals surface area contributed by atoms with Crippen molar-refractivity contribution in [2.45, 2.75) is 39.8 Å². The standard InChI is InChI=1S/C18H31N3O3.HI/c1-7-19-18(21-13(4)12(2)3)20-11-17(22)14-8-15(23-5)10-16(9-14)24-6;/h8-10,12-13,17,22H,7,11H2,1-6H3,(H2,19,20,21);1H. The summed E-state index contributed by atoms with van der Waals surface area (Å²) in [4.78, 5) is 4.49. The lowest BCUT2D eigenvalue weighted by Crippen LogP contribution is -2.44. The Hall–Kier alpha value is -1.22. The average molecular weight is 465 g/mol. The molecule has 0 aromatic heterocycles. The van der Waals surface area contributed by atoms with Gasteiger partial charge in [0.25, 0.3) is 0 Å². The summed E-state index contributed by atoms with van der Waals surface area (Å²) in [6.45, 7) is 9.44. The van der Waals surface area contributed by atoms with E-state index in [0.29, 0.717) is 28.9 Å². The summed E-state index contributed by atoms with van der Waals surface area (Å²) in [5.41, 5.74) is 0.711. The Bertz CT molecular complexity index is 516. The van der Waals surface area contributed by atoms with E-state index in [0.717, 1.165) is 6.54 Å². The maximum Gasteiger partial charge on any atom is 0.191 e. The summed E-state index contributed by atoms with van der Waals surface area (Å²) in [5.74, 6) is 2.48. The van der Waals surface area contributed by atoms with Crippen LogP contribution in [0.5, 0.6) is 11.5 Å². The Morgan fingerprint density at radius 1 is 1.12 bits per heavy atom. The lowest BCUT2D eigenvalue weighted by atomic mass is 10.1. The second-order valence-corrected chi connectivity index (χ2v) is 6.06. The van der Waals surface area contributed by atoms with Crippen molar-refractivity contribution in [3.63, 3.8) is 0 Å². The normalized spacial score (nSPS) is 13.7. The molecule has 1 aromatic rings. The van der Waals surface area contributed by atoms with Gasteiger partial charge in [-0.05, 0) is 37.5 Å². The number of aliphatic imine (C=N–C) groups is 1. The third-order valence-electron chi connectivity index (χ3n) is 3.89. The fraction of sp³-hybridized carbons (Fsp3) is 0.611. The Labute approximate surface area is 168 Å². The van der Waals surface area contributed by atoms with E-state index in [1.807, 2.05) is 6.92 Å². The van der Waals surface area contributed by atoms with E-state index in [4.69, 9.17) is 9.47 Å². The van der Waals surface area contributed by atoms with Crippen LogP contribution in [0.3, 0.4) is 0 Å². The predicted octanol–water partition coefficient (Wildman–Crippen LogP) is 2.95. The monoisotopic (exact) mass is 465 g/mol. The lowest BCUT2D eigenvalue weighted by Gasteiger charge is -2.21. The molecule has 0 spiro atoms. The van der Waals surface area contributed by atoms with E-state index in [-0.39, 0.29) is 36.6 Å². The van der Waals surface area contributed by atoms with E-state index in [2.05, 4.69) is 36.4 Å². The van der Waals surface area contributed by atoms with Crippen LogP contribution in [-0.4, -0.2) is 44.4 Å². The number of aliphatic hydroxyl groups excluding tert-OH is 1. The molecule has 7 heteroatoms. The van der Waals surface area contributed by atoms with Gasteiger partial charge in [0.15, 0.2) is 5.96 Å². The number of hydrogen-bond acceptors (Lipinski definition) is 4. The van der Waals surface area contributed by atoms with Crippen LogP contribution in [-0.2, 0) is 0 Å². The van der Waals surface area contributed by atoms with Crippen molar-refractivity contribution in [2.24, 2.45) is 10.9 Å². The Morgan fingerprint density at radius 3 is 2.12 bits per heavy atom. The van der Waals surface area contributed by atoms with Crippen LogP contribution in [0.15, 0.2) is 23.2 Å². The molecule has 144 valence electrons. The fourth-order valence-electron chi connectivity index (χ4n) is 2.01. The number of guanidine groups is 1. The molecule has 2 unspecified atom stereocenters. The average Bonchev–Trinajstić information content (AvgIpc) is 2.58. The number of nitrogens with zero attached hydrogens (tertiary/aromatic N) is 1. The number of aliphatic hydroxyl groups is 1. The largest absolute Gasteiger partial charge is 0.497 e. The number of halogens is 1. The molecule has 0 radical (unpaired) electrons. The van der Waals surface area contributed by atoms with Crippen molar-refractivity contribution in [1.82, 2.24) is 10.6 Å². The molecular weight excluding hydrogens is 433 g/mol. The van der Waals surface area contributed by atoms with Crippen LogP contribution in [0.25, 0.3) is 0 Å². The van der Waals surface area contributed by atoms with Gasteiger partial charge in [-0.3, -0.25) is 4.99 Å². The van der Waals surface area contributed by atoms with Crippen LogP contribution in [0.1, 0.15) is 39.4 Å². The first-order valence-corrected chi connectivity index (χ1v) is 8.37. The van der Waals surface area contributed by atoms with E-state index < -0.39 is 6.10 Å². The number of nitrogens with one attached hydrogen (secondary N) is 2. The van der Waals surface area contributed by atoms with E-state index >= 15 is 0 Å². The molecule has 1 aromatic carbocycles. The Kier molecular flexibility index (Phi) is 11.6. The molecule has 3 N–H and O–H groups in total. The highest BCUT2D eigenvalue weighted by atomic mass is 127. The minimum Gasteiger partial charge on any atom is -0.497 e. The third kappa shape index (κ3) is 8.13. The number of benzene rings is 1. The number of ether oxygens (including phenoxy) is 2. The summed E-state index contributed by atoms with van der Waals surface area (Å²) < 4.78 is 10.5. The third-order valence-corrected chi connectivity index (χ3v) is 3.89. The van der Waals surface area contributed by atoms with Crippen LogP contribution >= 0.6 is 24.0 Å². The van der Waals surface area contributed by atoms with E-state index in [1.54, 1.807) is 32.4 Å². The first kappa shape index (κ1) is 23.8. The van der Waals surface area contributed by atoms with Gasteiger partial charge in [-0.2, -0.15) is 0 Å². The van der Waals surface area contributed by atoms with Crippen molar-refractivity contribution in [3.8, 4) is 11.5 Å². The Morgan fingerprint density at radius 2 is 1.68 bits per heavy atom. The maximum absolute atomic E-state index is 10.4. The molecule has 0 saturated heterocycles. The van der Waals surface area contributed by atoms with Gasteiger partial charge >= 0.3 is 0 Å². The SMILES string of the molecule is CCNC(=NCC(O)c1cc(OC)cc(OC)c1)NC(C)C(C)C.I. The van der Waals surface area contributed by atoms with Crippen LogP contribution in [0, 0.1) is 5.92 Å². The zero-order chi connectivity index (χ0) is 18.1. The van der Waals surface area contributed by atoms with Crippen molar-refractivity contribution in [2.75, 3.05) is 27.3 Å². The highest BCUT2D eigenvalue weighted by Gasteiger charge is 2.13. The minimum absolute atomic E-state index is 0. The van der Waals surface area contributed by atoms with Gasteiger partial charge in [0, 0.05) is 18.7 Å². The van der Waals surface area contributed by atoms with Crippen molar-refractivity contribution >= 4 is 29.9 Å². The van der Waals surface area contributed by atoms with E-state index in [9.17, 15) is 5.11 Å². The molecule has 0 amide bonds. The maximum atomic E-state index is 10.4. The van der Waals surface area contributed by atoms with Crippen LogP contribution in [0.2, 0.25) is 0 Å². The first-order chi connectivity index (χ1) is 11.4. The van der Waals surface area contributed by atoms with Gasteiger partial charge < -0.3 is 25.2 Å². The highest BCUT2D eigenvalue weighted by Crippen LogP contribution is 2.26. The van der Waals surface area contributed by atoms with Gasteiger partial charge in [-0.25, -0.2) is 0 Å². The first-order valence-electron chi connectivity index (χ1n) is 8.37. The summed E-state index contributed by atoms with van der Waals surface area (Å²) in [7, 11) is 3.17. The van der Waals surface area contributed by atoms with Crippen molar-refractivity contribution in [3.05, 3.63) is 23.8 Å². The second kappa shape index (κ2) is 12.2. The van der Waals surface area contributed by atoms with Gasteiger partial charge in [0.1, 0.15) is 11.5 Å². The van der Waals surface area contributed by atoms with Gasteiger partial charge in [0.05, 0.1) is 26.9 Å². The van der Waals surface area contributed by atoms with Crippen molar-refractivity contribution < 1.29 is 14.6 Å². The summed E-state index contributed by atoms with van der Waals surface area (Å²) >= 11 is 0. The molecule has 0 fully saturated rings. The molecule has 0 saturated carbocycles. The number of rotatable bonds is 8. The molecule has 0 aliphatic rings. The van der Waals surface area contributed by atoms with Gasteiger partial charge in [-0.1, -0.05) is 13.8 Å². The summed E-state index contributed by atoms with van der Waals surface area (Å²) in [6, 6.07) is 5.64. The van der Waals surface area contributed by atoms with Gasteiger partial charge in [0.2, 0.25) is 0 Å². The van der Waals surface area contributed by atoms with Crippen LogP contribution in [0.4, 0.5) is 0 Å². The zero-order valence-electron chi connectivity index (χ0n) is 16.0. The molecule has 0 aliphatic carbocycles. The lowest BCUT2D eigenvalue weighted by molar-refractivity contribution is 0.186. The highest BCUT2D eigenvalue weighted by molar-refractivity contribution is 14.0. The second-order valence-electron chi connectivity index (χ2n) is 6.06. The van der Waals surface area contributed by atoms with Crippen LogP contribution < -0.4 is 20.1 Å². The molecule has 25 heavy (non-hydrogen) atoms. The molecule has 1 rings (SSSR count). The van der Waals surface area contributed by atoms with Gasteiger partial charge in [-0.15, -0.1) is 24.0 Å². The Balaban J connectivity index is 0.00000576. The molecule has 0 bridgehead atoms. The molecular formula is C18H32IN3O3. The summed E-state index contributed by atoms with van der Waals surface area (Å²) in [6.07, 6.45) is -0.737. The predicted molar refractivity (Wildman–Crippen MR) is 113 cm³/mol. The molecule has 0 aliphatic heterocycles. The number of hydrogen-bond donors (Lipinski definition) is 3. The minimum atomic E-state index is -0.737. The molecule has 6 nitrogen and oxygen atoms in total. The molecule has 0 heterocycles. The summed E-state index contributed by atoms with van der Waals surface area (Å²) in [5, 5.41) is 17.0. The van der Waals surface area contributed by atoms with Crippen molar-refractivity contribution in [1.29, 1.82) is 0 Å². The quantitative estimate of drug-likeness (QED) is 0.313. The zero-order valence-corrected chi connectivity index (χ0v) is 18.3. The molecule has 2 atom stereocenters. The van der Waals surface area contributed by atoms with E-state index in [1.165, 1.54) is 0 Å². The number of methoxy groups -OCH3 is 2. The fourth-order valence-corrected chi connectivity index (χ4v) is 2.01. The smallest absolute Gasteiger partial charge is 0.191 e.